The van der Waals surface area contributed by atoms with Crippen molar-refractivity contribution in [3.63, 3.8) is 0 Å². The molecule has 1 saturated heterocycles. The van der Waals surface area contributed by atoms with E-state index < -0.39 is 10.0 Å². The Kier molecular flexibility index (Phi) is 6.17. The molecule has 0 N–H and O–H groups in total. The summed E-state index contributed by atoms with van der Waals surface area (Å²) in [6.07, 6.45) is -0.339. The van der Waals surface area contributed by atoms with Gasteiger partial charge in [-0.15, -0.1) is 0 Å². The first kappa shape index (κ1) is 20.5. The number of amides is 1. The van der Waals surface area contributed by atoms with E-state index in [-0.39, 0.29) is 23.0 Å². The zero-order valence-electron chi connectivity index (χ0n) is 16.4. The predicted octanol–water partition coefficient (Wildman–Crippen LogP) is 3.15. The van der Waals surface area contributed by atoms with Crippen LogP contribution >= 0.6 is 0 Å². The maximum Gasteiger partial charge on any atom is 0.258 e. The number of hydrogen-bond donors (Lipinski definition) is 0. The number of benzene rings is 2. The lowest BCUT2D eigenvalue weighted by Crippen LogP contribution is -2.48. The minimum atomic E-state index is -3.70. The standard InChI is InChI=1S/C21H26N2O4S/c1-4-23(19-10-6-5-7-11-19)21(24)18-9-8-12-20(13-18)28(25,26)22-14-16(2)27-17(3)15-22/h5-13,16-17H,4,14-15H2,1-3H3/t16-,17-/m1/s1. The van der Waals surface area contributed by atoms with Gasteiger partial charge in [0.2, 0.25) is 10.0 Å². The van der Waals surface area contributed by atoms with Crippen LogP contribution in [0.1, 0.15) is 31.1 Å². The highest BCUT2D eigenvalue weighted by atomic mass is 32.2. The number of morpholine rings is 1. The molecule has 1 heterocycles. The predicted molar refractivity (Wildman–Crippen MR) is 109 cm³/mol. The Bertz CT molecular complexity index is 920. The van der Waals surface area contributed by atoms with Crippen LogP contribution in [0.3, 0.4) is 0 Å². The Balaban J connectivity index is 1.90. The Morgan fingerprint density at radius 1 is 1.07 bits per heavy atom. The van der Waals surface area contributed by atoms with E-state index in [1.165, 1.54) is 16.4 Å². The van der Waals surface area contributed by atoms with E-state index in [9.17, 15) is 13.2 Å². The molecule has 0 radical (unpaired) electrons. The molecule has 0 unspecified atom stereocenters. The molecule has 6 nitrogen and oxygen atoms in total. The summed E-state index contributed by atoms with van der Waals surface area (Å²) in [5, 5.41) is 0. The summed E-state index contributed by atoms with van der Waals surface area (Å²) in [6.45, 7) is 6.69. The molecule has 28 heavy (non-hydrogen) atoms. The molecule has 0 aliphatic carbocycles. The van der Waals surface area contributed by atoms with Crippen molar-refractivity contribution in [3.8, 4) is 0 Å². The monoisotopic (exact) mass is 402 g/mol. The number of carbonyl (C=O) groups excluding carboxylic acids is 1. The molecule has 1 amide bonds. The van der Waals surface area contributed by atoms with E-state index in [0.717, 1.165) is 5.69 Å². The zero-order valence-corrected chi connectivity index (χ0v) is 17.2. The fraction of sp³-hybridized carbons (Fsp3) is 0.381. The SMILES string of the molecule is CCN(C(=O)c1cccc(S(=O)(=O)N2C[C@@H](C)O[C@H](C)C2)c1)c1ccccc1. The third-order valence-corrected chi connectivity index (χ3v) is 6.56. The van der Waals surface area contributed by atoms with Gasteiger partial charge in [0, 0.05) is 30.9 Å². The Labute approximate surface area is 166 Å². The number of anilines is 1. The molecule has 0 saturated carbocycles. The second-order valence-electron chi connectivity index (χ2n) is 6.99. The Hall–Kier alpha value is -2.22. The van der Waals surface area contributed by atoms with Crippen LogP contribution in [0.2, 0.25) is 0 Å². The number of ether oxygens (including phenoxy) is 1. The van der Waals surface area contributed by atoms with Crippen LogP contribution in [-0.4, -0.2) is 50.5 Å². The Morgan fingerprint density at radius 2 is 1.71 bits per heavy atom. The lowest BCUT2D eigenvalue weighted by molar-refractivity contribution is -0.0440. The highest BCUT2D eigenvalue weighted by Gasteiger charge is 2.32. The summed E-state index contributed by atoms with van der Waals surface area (Å²) in [5.74, 6) is -0.227. The summed E-state index contributed by atoms with van der Waals surface area (Å²) >= 11 is 0. The van der Waals surface area contributed by atoms with E-state index in [1.54, 1.807) is 17.0 Å². The van der Waals surface area contributed by atoms with Crippen LogP contribution in [-0.2, 0) is 14.8 Å². The van der Waals surface area contributed by atoms with Gasteiger partial charge in [-0.05, 0) is 51.1 Å². The molecule has 1 aliphatic heterocycles. The number of hydrogen-bond acceptors (Lipinski definition) is 4. The van der Waals surface area contributed by atoms with Gasteiger partial charge in [0.25, 0.3) is 5.91 Å². The molecule has 3 rings (SSSR count). The smallest absolute Gasteiger partial charge is 0.258 e. The number of carbonyl (C=O) groups is 1. The van der Waals surface area contributed by atoms with E-state index in [4.69, 9.17) is 4.74 Å². The van der Waals surface area contributed by atoms with Gasteiger partial charge in [-0.2, -0.15) is 4.31 Å². The molecule has 2 atom stereocenters. The fourth-order valence-electron chi connectivity index (χ4n) is 3.47. The van der Waals surface area contributed by atoms with E-state index in [1.807, 2.05) is 51.1 Å². The van der Waals surface area contributed by atoms with Gasteiger partial charge in [0.15, 0.2) is 0 Å². The van der Waals surface area contributed by atoms with Crippen LogP contribution in [0.15, 0.2) is 59.5 Å². The lowest BCUT2D eigenvalue weighted by Gasteiger charge is -2.34. The summed E-state index contributed by atoms with van der Waals surface area (Å²) in [4.78, 5) is 14.8. The minimum absolute atomic E-state index is 0.128. The van der Waals surface area contributed by atoms with Crippen LogP contribution in [0.4, 0.5) is 5.69 Å². The molecule has 1 fully saturated rings. The second-order valence-corrected chi connectivity index (χ2v) is 8.93. The van der Waals surface area contributed by atoms with Crippen molar-refractivity contribution in [1.82, 2.24) is 4.31 Å². The van der Waals surface area contributed by atoms with Crippen molar-refractivity contribution < 1.29 is 17.9 Å². The van der Waals surface area contributed by atoms with Crippen molar-refractivity contribution in [2.75, 3.05) is 24.5 Å². The molecule has 2 aromatic rings. The molecule has 0 spiro atoms. The van der Waals surface area contributed by atoms with Gasteiger partial charge < -0.3 is 9.64 Å². The average Bonchev–Trinajstić information content (AvgIpc) is 2.68. The average molecular weight is 403 g/mol. The summed E-state index contributed by atoms with van der Waals surface area (Å²) in [5.41, 5.74) is 1.13. The first-order valence-corrected chi connectivity index (χ1v) is 10.9. The first-order valence-electron chi connectivity index (χ1n) is 9.45. The van der Waals surface area contributed by atoms with Crippen molar-refractivity contribution in [2.45, 2.75) is 37.9 Å². The van der Waals surface area contributed by atoms with Gasteiger partial charge >= 0.3 is 0 Å². The van der Waals surface area contributed by atoms with Crippen LogP contribution in [0, 0.1) is 0 Å². The molecule has 150 valence electrons. The maximum absolute atomic E-state index is 13.1. The van der Waals surface area contributed by atoms with Gasteiger partial charge in [0.1, 0.15) is 0 Å². The number of nitrogens with zero attached hydrogens (tertiary/aromatic N) is 2. The van der Waals surface area contributed by atoms with E-state index in [0.29, 0.717) is 25.2 Å². The number of sulfonamides is 1. The van der Waals surface area contributed by atoms with Crippen molar-refractivity contribution in [3.05, 3.63) is 60.2 Å². The Morgan fingerprint density at radius 3 is 2.32 bits per heavy atom. The van der Waals surface area contributed by atoms with Crippen LogP contribution in [0.5, 0.6) is 0 Å². The topological polar surface area (TPSA) is 66.9 Å². The van der Waals surface area contributed by atoms with Gasteiger partial charge in [-0.1, -0.05) is 24.3 Å². The highest BCUT2D eigenvalue weighted by Crippen LogP contribution is 2.23. The van der Waals surface area contributed by atoms with Crippen LogP contribution in [0.25, 0.3) is 0 Å². The van der Waals surface area contributed by atoms with E-state index >= 15 is 0 Å². The molecule has 0 aromatic heterocycles. The highest BCUT2D eigenvalue weighted by molar-refractivity contribution is 7.89. The van der Waals surface area contributed by atoms with Crippen LogP contribution < -0.4 is 4.90 Å². The molecule has 0 bridgehead atoms. The number of rotatable bonds is 5. The normalized spacial score (nSPS) is 20.7. The maximum atomic E-state index is 13.1. The zero-order chi connectivity index (χ0) is 20.3. The van der Waals surface area contributed by atoms with Crippen molar-refractivity contribution in [1.29, 1.82) is 0 Å². The molecule has 1 aliphatic rings. The summed E-state index contributed by atoms with van der Waals surface area (Å²) in [6, 6.07) is 15.6. The van der Waals surface area contributed by atoms with Gasteiger partial charge in [-0.3, -0.25) is 4.79 Å². The van der Waals surface area contributed by atoms with Crippen molar-refractivity contribution >= 4 is 21.6 Å². The van der Waals surface area contributed by atoms with Gasteiger partial charge in [0.05, 0.1) is 17.1 Å². The van der Waals surface area contributed by atoms with E-state index in [2.05, 4.69) is 0 Å². The lowest BCUT2D eigenvalue weighted by atomic mass is 10.2. The quantitative estimate of drug-likeness (QED) is 0.771. The van der Waals surface area contributed by atoms with Gasteiger partial charge in [-0.25, -0.2) is 8.42 Å². The molecule has 2 aromatic carbocycles. The third kappa shape index (κ3) is 4.27. The molecular formula is C21H26N2O4S. The van der Waals surface area contributed by atoms with Crippen molar-refractivity contribution in [2.24, 2.45) is 0 Å². The third-order valence-electron chi connectivity index (χ3n) is 4.73. The summed E-state index contributed by atoms with van der Waals surface area (Å²) < 4.78 is 33.3. The number of para-hydroxylation sites is 1. The largest absolute Gasteiger partial charge is 0.373 e. The fourth-order valence-corrected chi connectivity index (χ4v) is 5.11. The molecule has 7 heteroatoms. The second kappa shape index (κ2) is 8.43. The minimum Gasteiger partial charge on any atom is -0.373 e. The molecular weight excluding hydrogens is 376 g/mol. The summed E-state index contributed by atoms with van der Waals surface area (Å²) in [7, 11) is -3.70. The first-order chi connectivity index (χ1) is 13.3.